The molecular weight excluding hydrogens is 284 g/mol. The van der Waals surface area contributed by atoms with Gasteiger partial charge in [0.2, 0.25) is 0 Å². The predicted octanol–water partition coefficient (Wildman–Crippen LogP) is 3.91. The summed E-state index contributed by atoms with van der Waals surface area (Å²) in [5.74, 6) is 0.884. The standard InChI is InChI=1S/C17H21ClN2O/c1-10-9-20-16(12(3)17(10)21-4)8-15(19)13-6-5-7-14(18)11(13)2/h5-7,9,15H,8,19H2,1-4H3. The molecule has 1 heterocycles. The molecule has 3 nitrogen and oxygen atoms in total. The lowest BCUT2D eigenvalue weighted by Crippen LogP contribution is -2.16. The van der Waals surface area contributed by atoms with Crippen LogP contribution >= 0.6 is 11.6 Å². The van der Waals surface area contributed by atoms with Gasteiger partial charge in [-0.25, -0.2) is 0 Å². The molecule has 0 aliphatic heterocycles. The topological polar surface area (TPSA) is 48.1 Å². The molecule has 4 heteroatoms. The molecule has 0 aliphatic carbocycles. The minimum Gasteiger partial charge on any atom is -0.496 e. The van der Waals surface area contributed by atoms with Crippen molar-refractivity contribution in [1.82, 2.24) is 4.98 Å². The molecule has 1 atom stereocenters. The Balaban J connectivity index is 2.32. The van der Waals surface area contributed by atoms with Gasteiger partial charge in [0.1, 0.15) is 5.75 Å². The molecule has 0 amide bonds. The number of pyridine rings is 1. The van der Waals surface area contributed by atoms with Crippen LogP contribution < -0.4 is 10.5 Å². The quantitative estimate of drug-likeness (QED) is 0.931. The van der Waals surface area contributed by atoms with Gasteiger partial charge in [0, 0.05) is 40.5 Å². The van der Waals surface area contributed by atoms with Crippen LogP contribution in [0, 0.1) is 20.8 Å². The average Bonchev–Trinajstić information content (AvgIpc) is 2.45. The summed E-state index contributed by atoms with van der Waals surface area (Å²) in [5.41, 5.74) is 11.5. The molecular formula is C17H21ClN2O. The zero-order valence-corrected chi connectivity index (χ0v) is 13.7. The molecule has 1 unspecified atom stereocenters. The van der Waals surface area contributed by atoms with Crippen LogP contribution in [0.1, 0.15) is 34.0 Å². The Labute approximate surface area is 131 Å². The summed E-state index contributed by atoms with van der Waals surface area (Å²) in [4.78, 5) is 4.51. The summed E-state index contributed by atoms with van der Waals surface area (Å²) >= 11 is 6.17. The molecule has 0 bridgehead atoms. The van der Waals surface area contributed by atoms with Crippen molar-refractivity contribution in [3.05, 3.63) is 57.4 Å². The van der Waals surface area contributed by atoms with Gasteiger partial charge >= 0.3 is 0 Å². The second-order valence-electron chi connectivity index (χ2n) is 5.31. The van der Waals surface area contributed by atoms with E-state index in [2.05, 4.69) is 4.98 Å². The first-order valence-corrected chi connectivity index (χ1v) is 7.33. The van der Waals surface area contributed by atoms with Gasteiger partial charge in [0.05, 0.1) is 7.11 Å². The van der Waals surface area contributed by atoms with Gasteiger partial charge in [-0.15, -0.1) is 0 Å². The van der Waals surface area contributed by atoms with Crippen LogP contribution in [0.2, 0.25) is 5.02 Å². The highest BCUT2D eigenvalue weighted by atomic mass is 35.5. The van der Waals surface area contributed by atoms with Crippen LogP contribution in [0.4, 0.5) is 0 Å². The summed E-state index contributed by atoms with van der Waals surface area (Å²) in [6.45, 7) is 6.00. The van der Waals surface area contributed by atoms with E-state index in [1.165, 1.54) is 0 Å². The summed E-state index contributed by atoms with van der Waals surface area (Å²) in [5, 5.41) is 0.745. The Hall–Kier alpha value is -1.58. The molecule has 1 aromatic carbocycles. The molecule has 1 aromatic heterocycles. The zero-order valence-electron chi connectivity index (χ0n) is 12.9. The van der Waals surface area contributed by atoms with Crippen LogP contribution in [0.5, 0.6) is 5.75 Å². The molecule has 0 spiro atoms. The van der Waals surface area contributed by atoms with E-state index < -0.39 is 0 Å². The van der Waals surface area contributed by atoms with Crippen LogP contribution in [0.25, 0.3) is 0 Å². The molecule has 0 saturated carbocycles. The Morgan fingerprint density at radius 3 is 2.62 bits per heavy atom. The lowest BCUT2D eigenvalue weighted by Gasteiger charge is -2.18. The number of rotatable bonds is 4. The van der Waals surface area contributed by atoms with Crippen molar-refractivity contribution >= 4 is 11.6 Å². The van der Waals surface area contributed by atoms with Crippen LogP contribution in [0.15, 0.2) is 24.4 Å². The Morgan fingerprint density at radius 1 is 1.24 bits per heavy atom. The highest BCUT2D eigenvalue weighted by molar-refractivity contribution is 6.31. The Bertz CT molecular complexity index is 655. The highest BCUT2D eigenvalue weighted by Crippen LogP contribution is 2.29. The fraction of sp³-hybridized carbons (Fsp3) is 0.353. The minimum absolute atomic E-state index is 0.137. The van der Waals surface area contributed by atoms with Crippen molar-refractivity contribution in [2.75, 3.05) is 7.11 Å². The molecule has 112 valence electrons. The number of hydrogen-bond donors (Lipinski definition) is 1. The van der Waals surface area contributed by atoms with Gasteiger partial charge in [-0.1, -0.05) is 23.7 Å². The van der Waals surface area contributed by atoms with Crippen molar-refractivity contribution in [3.63, 3.8) is 0 Å². The summed E-state index contributed by atoms with van der Waals surface area (Å²) in [6, 6.07) is 5.70. The van der Waals surface area contributed by atoms with E-state index in [0.29, 0.717) is 6.42 Å². The number of aromatic nitrogens is 1. The number of nitrogens with two attached hydrogens (primary N) is 1. The van der Waals surface area contributed by atoms with E-state index in [0.717, 1.165) is 38.7 Å². The molecule has 2 rings (SSSR count). The Kier molecular flexibility index (Phi) is 4.86. The predicted molar refractivity (Wildman–Crippen MR) is 87.1 cm³/mol. The molecule has 0 fully saturated rings. The van der Waals surface area contributed by atoms with E-state index >= 15 is 0 Å². The maximum absolute atomic E-state index is 6.36. The van der Waals surface area contributed by atoms with Gasteiger partial charge in [-0.3, -0.25) is 4.98 Å². The second kappa shape index (κ2) is 6.46. The van der Waals surface area contributed by atoms with Gasteiger partial charge in [-0.05, 0) is 38.0 Å². The van der Waals surface area contributed by atoms with Gasteiger partial charge in [-0.2, -0.15) is 0 Å². The molecule has 0 aliphatic rings. The molecule has 21 heavy (non-hydrogen) atoms. The number of aryl methyl sites for hydroxylation is 1. The van der Waals surface area contributed by atoms with E-state index in [9.17, 15) is 0 Å². The monoisotopic (exact) mass is 304 g/mol. The average molecular weight is 305 g/mol. The van der Waals surface area contributed by atoms with Crippen LogP contribution in [-0.2, 0) is 6.42 Å². The van der Waals surface area contributed by atoms with Crippen molar-refractivity contribution < 1.29 is 4.74 Å². The molecule has 2 N–H and O–H groups in total. The summed E-state index contributed by atoms with van der Waals surface area (Å²) in [6.07, 6.45) is 2.49. The third-order valence-electron chi connectivity index (χ3n) is 3.87. The summed E-state index contributed by atoms with van der Waals surface area (Å²) in [7, 11) is 1.68. The van der Waals surface area contributed by atoms with Crippen molar-refractivity contribution in [2.24, 2.45) is 5.73 Å². The normalized spacial score (nSPS) is 12.3. The smallest absolute Gasteiger partial charge is 0.128 e. The maximum Gasteiger partial charge on any atom is 0.128 e. The summed E-state index contributed by atoms with van der Waals surface area (Å²) < 4.78 is 5.44. The lowest BCUT2D eigenvalue weighted by molar-refractivity contribution is 0.406. The van der Waals surface area contributed by atoms with Crippen molar-refractivity contribution in [3.8, 4) is 5.75 Å². The van der Waals surface area contributed by atoms with Gasteiger partial charge in [0.25, 0.3) is 0 Å². The first kappa shape index (κ1) is 15.8. The van der Waals surface area contributed by atoms with Gasteiger partial charge < -0.3 is 10.5 Å². The van der Waals surface area contributed by atoms with E-state index in [-0.39, 0.29) is 6.04 Å². The number of nitrogens with zero attached hydrogens (tertiary/aromatic N) is 1. The van der Waals surface area contributed by atoms with Crippen LogP contribution in [0.3, 0.4) is 0 Å². The number of benzene rings is 1. The number of methoxy groups -OCH3 is 1. The van der Waals surface area contributed by atoms with E-state index in [1.54, 1.807) is 7.11 Å². The lowest BCUT2D eigenvalue weighted by atomic mass is 9.96. The van der Waals surface area contributed by atoms with E-state index in [4.69, 9.17) is 22.1 Å². The van der Waals surface area contributed by atoms with E-state index in [1.807, 2.05) is 45.2 Å². The molecule has 0 saturated heterocycles. The maximum atomic E-state index is 6.36. The first-order chi connectivity index (χ1) is 9.95. The second-order valence-corrected chi connectivity index (χ2v) is 5.72. The highest BCUT2D eigenvalue weighted by Gasteiger charge is 2.16. The molecule has 2 aromatic rings. The largest absolute Gasteiger partial charge is 0.496 e. The SMILES string of the molecule is COc1c(C)cnc(CC(N)c2cccc(Cl)c2C)c1C. The van der Waals surface area contributed by atoms with Gasteiger partial charge in [0.15, 0.2) is 0 Å². The first-order valence-electron chi connectivity index (χ1n) is 6.95. The van der Waals surface area contributed by atoms with Crippen LogP contribution in [-0.4, -0.2) is 12.1 Å². The third-order valence-corrected chi connectivity index (χ3v) is 4.28. The third kappa shape index (κ3) is 3.20. The molecule has 0 radical (unpaired) electrons. The zero-order chi connectivity index (χ0) is 15.6. The minimum atomic E-state index is -0.137. The number of hydrogen-bond acceptors (Lipinski definition) is 3. The number of ether oxygens (including phenoxy) is 1. The number of halogens is 1. The van der Waals surface area contributed by atoms with Crippen molar-refractivity contribution in [2.45, 2.75) is 33.2 Å². The Morgan fingerprint density at radius 2 is 1.95 bits per heavy atom. The fourth-order valence-electron chi connectivity index (χ4n) is 2.62. The fourth-order valence-corrected chi connectivity index (χ4v) is 2.80. The van der Waals surface area contributed by atoms with Crippen molar-refractivity contribution in [1.29, 1.82) is 0 Å².